The Balaban J connectivity index is 2.74. The topological polar surface area (TPSA) is 66.6 Å². The number of likely N-dealkylation sites (tertiary alicyclic amines) is 1. The van der Waals surface area contributed by atoms with Crippen LogP contribution in [0.4, 0.5) is 0 Å². The Morgan fingerprint density at radius 2 is 2.13 bits per heavy atom. The first-order valence-electron chi connectivity index (χ1n) is 5.67. The van der Waals surface area contributed by atoms with E-state index in [1.54, 1.807) is 18.7 Å². The van der Waals surface area contributed by atoms with Crippen molar-refractivity contribution in [3.63, 3.8) is 0 Å². The van der Waals surface area contributed by atoms with Crippen molar-refractivity contribution in [3.8, 4) is 0 Å². The maximum Gasteiger partial charge on any atom is 0.242 e. The summed E-state index contributed by atoms with van der Waals surface area (Å²) in [4.78, 5) is 13.8. The van der Waals surface area contributed by atoms with Crippen LogP contribution in [0.2, 0.25) is 0 Å². The highest BCUT2D eigenvalue weighted by Gasteiger charge is 2.32. The molecule has 0 aliphatic carbocycles. The van der Waals surface area contributed by atoms with E-state index < -0.39 is 5.54 Å². The second-order valence-corrected chi connectivity index (χ2v) is 4.91. The first-order valence-corrected chi connectivity index (χ1v) is 5.67. The molecule has 0 saturated carbocycles. The quantitative estimate of drug-likeness (QED) is 0.703. The van der Waals surface area contributed by atoms with Gasteiger partial charge in [0.25, 0.3) is 0 Å². The van der Waals surface area contributed by atoms with Crippen molar-refractivity contribution in [1.29, 1.82) is 0 Å². The highest BCUT2D eigenvalue weighted by Crippen LogP contribution is 2.19. The minimum absolute atomic E-state index is 0.0391. The second-order valence-electron chi connectivity index (χ2n) is 4.91. The summed E-state index contributed by atoms with van der Waals surface area (Å²) in [6, 6.07) is -0.0391. The minimum atomic E-state index is -0.836. The normalized spacial score (nSPS) is 23.7. The molecule has 3 N–H and O–H groups in total. The van der Waals surface area contributed by atoms with Gasteiger partial charge >= 0.3 is 0 Å². The van der Waals surface area contributed by atoms with Crippen LogP contribution in [0.25, 0.3) is 0 Å². The summed E-state index contributed by atoms with van der Waals surface area (Å²) in [5, 5.41) is 9.27. The van der Waals surface area contributed by atoms with Crippen LogP contribution in [-0.2, 0) is 4.79 Å². The van der Waals surface area contributed by atoms with Crippen molar-refractivity contribution < 1.29 is 9.90 Å². The van der Waals surface area contributed by atoms with E-state index in [0.717, 1.165) is 32.2 Å². The number of rotatable bonds is 2. The third-order valence-electron chi connectivity index (χ3n) is 2.90. The van der Waals surface area contributed by atoms with Gasteiger partial charge in [-0.05, 0) is 26.7 Å². The van der Waals surface area contributed by atoms with Crippen LogP contribution >= 0.6 is 0 Å². The molecule has 1 saturated heterocycles. The van der Waals surface area contributed by atoms with Gasteiger partial charge in [0.05, 0.1) is 18.2 Å². The largest absolute Gasteiger partial charge is 0.394 e. The van der Waals surface area contributed by atoms with Crippen LogP contribution in [0.15, 0.2) is 0 Å². The molecule has 88 valence electrons. The fourth-order valence-electron chi connectivity index (χ4n) is 2.00. The number of hydrogen-bond acceptors (Lipinski definition) is 3. The number of aliphatic hydroxyl groups is 1. The van der Waals surface area contributed by atoms with E-state index in [-0.39, 0.29) is 18.6 Å². The molecule has 0 aromatic carbocycles. The van der Waals surface area contributed by atoms with Crippen LogP contribution < -0.4 is 5.73 Å². The number of amides is 1. The van der Waals surface area contributed by atoms with Crippen LogP contribution in [0, 0.1) is 0 Å². The summed E-state index contributed by atoms with van der Waals surface area (Å²) in [5.41, 5.74) is 4.97. The van der Waals surface area contributed by atoms with Gasteiger partial charge in [-0.1, -0.05) is 12.8 Å². The van der Waals surface area contributed by atoms with Gasteiger partial charge in [-0.3, -0.25) is 4.79 Å². The molecule has 1 aliphatic heterocycles. The van der Waals surface area contributed by atoms with Crippen LogP contribution in [0.3, 0.4) is 0 Å². The highest BCUT2D eigenvalue weighted by molar-refractivity contribution is 5.85. The molecule has 0 aromatic heterocycles. The maximum absolute atomic E-state index is 12.0. The summed E-state index contributed by atoms with van der Waals surface area (Å²) in [5.74, 6) is -0.0524. The molecule has 1 heterocycles. The summed E-state index contributed by atoms with van der Waals surface area (Å²) < 4.78 is 0. The molecular formula is C11H22N2O2. The average molecular weight is 214 g/mol. The lowest BCUT2D eigenvalue weighted by Gasteiger charge is -2.33. The van der Waals surface area contributed by atoms with Gasteiger partial charge in [0.15, 0.2) is 0 Å². The molecule has 15 heavy (non-hydrogen) atoms. The maximum atomic E-state index is 12.0. The smallest absolute Gasteiger partial charge is 0.242 e. The first kappa shape index (κ1) is 12.5. The van der Waals surface area contributed by atoms with Gasteiger partial charge < -0.3 is 15.7 Å². The van der Waals surface area contributed by atoms with Gasteiger partial charge in [0.1, 0.15) is 0 Å². The van der Waals surface area contributed by atoms with Crippen molar-refractivity contribution in [2.75, 3.05) is 13.2 Å². The van der Waals surface area contributed by atoms with Crippen molar-refractivity contribution in [2.24, 2.45) is 5.73 Å². The molecule has 1 amide bonds. The zero-order chi connectivity index (χ0) is 11.5. The van der Waals surface area contributed by atoms with E-state index in [4.69, 9.17) is 5.73 Å². The van der Waals surface area contributed by atoms with Crippen LogP contribution in [0.5, 0.6) is 0 Å². The fraction of sp³-hybridized carbons (Fsp3) is 0.909. The molecule has 1 unspecified atom stereocenters. The summed E-state index contributed by atoms with van der Waals surface area (Å²) in [6.07, 6.45) is 4.11. The lowest BCUT2D eigenvalue weighted by atomic mass is 10.0. The molecule has 0 radical (unpaired) electrons. The van der Waals surface area contributed by atoms with Gasteiger partial charge in [-0.15, -0.1) is 0 Å². The van der Waals surface area contributed by atoms with Crippen molar-refractivity contribution in [2.45, 2.75) is 51.1 Å². The molecule has 0 aromatic rings. The highest BCUT2D eigenvalue weighted by atomic mass is 16.3. The first-order chi connectivity index (χ1) is 6.96. The van der Waals surface area contributed by atoms with Crippen molar-refractivity contribution in [1.82, 2.24) is 4.90 Å². The number of nitrogens with two attached hydrogens (primary N) is 1. The SMILES string of the molecule is CC(C)(N)C(=O)N1CCCCCC1CO. The molecule has 1 aliphatic rings. The van der Waals surface area contributed by atoms with Crippen molar-refractivity contribution >= 4 is 5.91 Å². The molecule has 0 spiro atoms. The predicted octanol–water partition coefficient (Wildman–Crippen LogP) is 0.487. The van der Waals surface area contributed by atoms with Crippen LogP contribution in [0.1, 0.15) is 39.5 Å². The summed E-state index contributed by atoms with van der Waals surface area (Å²) >= 11 is 0. The predicted molar refractivity (Wildman–Crippen MR) is 59.3 cm³/mol. The Bertz CT molecular complexity index is 223. The Hall–Kier alpha value is -0.610. The Kier molecular flexibility index (Phi) is 4.11. The molecule has 0 bridgehead atoms. The van der Waals surface area contributed by atoms with E-state index in [9.17, 15) is 9.90 Å². The Morgan fingerprint density at radius 1 is 1.47 bits per heavy atom. The van der Waals surface area contributed by atoms with E-state index in [0.29, 0.717) is 0 Å². The van der Waals surface area contributed by atoms with E-state index >= 15 is 0 Å². The molecule has 4 nitrogen and oxygen atoms in total. The summed E-state index contributed by atoms with van der Waals surface area (Å²) in [6.45, 7) is 4.20. The molecule has 1 rings (SSSR count). The standard InChI is InChI=1S/C11H22N2O2/c1-11(2,12)10(15)13-7-5-3-4-6-9(13)8-14/h9,14H,3-8,12H2,1-2H3. The number of carbonyl (C=O) groups is 1. The lowest BCUT2D eigenvalue weighted by Crippen LogP contribution is -2.55. The molecule has 1 fully saturated rings. The average Bonchev–Trinajstić information content (AvgIpc) is 2.39. The zero-order valence-corrected chi connectivity index (χ0v) is 9.70. The Labute approximate surface area is 91.4 Å². The Morgan fingerprint density at radius 3 is 2.67 bits per heavy atom. The number of hydrogen-bond donors (Lipinski definition) is 2. The van der Waals surface area contributed by atoms with Crippen LogP contribution in [-0.4, -0.2) is 40.6 Å². The van der Waals surface area contributed by atoms with E-state index in [2.05, 4.69) is 0 Å². The van der Waals surface area contributed by atoms with Gasteiger partial charge in [0.2, 0.25) is 5.91 Å². The van der Waals surface area contributed by atoms with E-state index in [1.165, 1.54) is 0 Å². The third kappa shape index (κ3) is 3.18. The van der Waals surface area contributed by atoms with Gasteiger partial charge in [0, 0.05) is 6.54 Å². The number of carbonyl (C=O) groups excluding carboxylic acids is 1. The molecule has 1 atom stereocenters. The lowest BCUT2D eigenvalue weighted by molar-refractivity contribution is -0.139. The number of nitrogens with zero attached hydrogens (tertiary/aromatic N) is 1. The fourth-order valence-corrected chi connectivity index (χ4v) is 2.00. The minimum Gasteiger partial charge on any atom is -0.394 e. The second kappa shape index (κ2) is 4.94. The molecular weight excluding hydrogens is 192 g/mol. The zero-order valence-electron chi connectivity index (χ0n) is 9.70. The van der Waals surface area contributed by atoms with Gasteiger partial charge in [-0.2, -0.15) is 0 Å². The molecule has 4 heteroatoms. The van der Waals surface area contributed by atoms with E-state index in [1.807, 2.05) is 0 Å². The number of aliphatic hydroxyl groups excluding tert-OH is 1. The van der Waals surface area contributed by atoms with Gasteiger partial charge in [-0.25, -0.2) is 0 Å². The summed E-state index contributed by atoms with van der Waals surface area (Å²) in [7, 11) is 0. The monoisotopic (exact) mass is 214 g/mol. The van der Waals surface area contributed by atoms with Crippen molar-refractivity contribution in [3.05, 3.63) is 0 Å². The third-order valence-corrected chi connectivity index (χ3v) is 2.90.